The minimum absolute atomic E-state index is 0.146. The minimum atomic E-state index is -0.146. The van der Waals surface area contributed by atoms with Gasteiger partial charge in [0, 0.05) is 11.9 Å². The summed E-state index contributed by atoms with van der Waals surface area (Å²) in [6, 6.07) is 9.54. The zero-order valence-electron chi connectivity index (χ0n) is 16.9. The van der Waals surface area contributed by atoms with Crippen molar-refractivity contribution >= 4 is 34.0 Å². The van der Waals surface area contributed by atoms with E-state index in [2.05, 4.69) is 33.5 Å². The maximum atomic E-state index is 12.6. The van der Waals surface area contributed by atoms with Gasteiger partial charge in [0.15, 0.2) is 11.0 Å². The highest BCUT2D eigenvalue weighted by Gasteiger charge is 2.22. The first-order valence-corrected chi connectivity index (χ1v) is 11.9. The zero-order valence-corrected chi connectivity index (χ0v) is 18.5. The molecule has 3 heterocycles. The van der Waals surface area contributed by atoms with Crippen molar-refractivity contribution in [1.82, 2.24) is 29.8 Å². The average molecular weight is 439 g/mol. The van der Waals surface area contributed by atoms with E-state index in [9.17, 15) is 4.79 Å². The van der Waals surface area contributed by atoms with Gasteiger partial charge in [-0.05, 0) is 48.9 Å². The molecule has 0 amide bonds. The topological polar surface area (TPSA) is 78.5 Å². The van der Waals surface area contributed by atoms with Crippen molar-refractivity contribution in [2.24, 2.45) is 13.0 Å². The third-order valence-electron chi connectivity index (χ3n) is 5.76. The molecule has 0 radical (unpaired) electrons. The van der Waals surface area contributed by atoms with Crippen molar-refractivity contribution in [2.45, 2.75) is 43.6 Å². The number of fused-ring (bicyclic) bond motifs is 2. The summed E-state index contributed by atoms with van der Waals surface area (Å²) < 4.78 is 3.37. The molecule has 1 aromatic carbocycles. The van der Waals surface area contributed by atoms with Gasteiger partial charge >= 0.3 is 0 Å². The van der Waals surface area contributed by atoms with E-state index in [-0.39, 0.29) is 5.56 Å². The van der Waals surface area contributed by atoms with Crippen LogP contribution in [-0.4, -0.2) is 29.8 Å². The van der Waals surface area contributed by atoms with Crippen LogP contribution < -0.4 is 5.56 Å². The Hall–Kier alpha value is -2.52. The Bertz CT molecular complexity index is 1270. The summed E-state index contributed by atoms with van der Waals surface area (Å²) in [6.45, 7) is 2.28. The molecule has 30 heavy (non-hydrogen) atoms. The lowest BCUT2D eigenvalue weighted by atomic mass is 9.87. The highest BCUT2D eigenvalue weighted by Crippen LogP contribution is 2.38. The van der Waals surface area contributed by atoms with Crippen molar-refractivity contribution in [3.8, 4) is 10.7 Å². The number of thioether (sulfide) groups is 1. The van der Waals surface area contributed by atoms with Crippen LogP contribution in [0.1, 0.15) is 30.2 Å². The molecule has 0 unspecified atom stereocenters. The number of aryl methyl sites for hydroxylation is 1. The van der Waals surface area contributed by atoms with Gasteiger partial charge in [0.05, 0.1) is 16.1 Å². The Morgan fingerprint density at radius 3 is 2.97 bits per heavy atom. The van der Waals surface area contributed by atoms with E-state index >= 15 is 0 Å². The van der Waals surface area contributed by atoms with Crippen molar-refractivity contribution < 1.29 is 0 Å². The molecule has 0 saturated carbocycles. The standard InChI is InChI=1S/C21H22N6OS2/c1-3-13-8-9-17-14(10-13)11-18(30-17)19-23-24-21(26(19)2)29-12-27-20(28)15-6-4-5-7-16(15)22-25-27/h4-7,11,13H,3,8-10,12H2,1-2H3/t13-/m0/s1. The van der Waals surface area contributed by atoms with Gasteiger partial charge in [0.1, 0.15) is 5.52 Å². The second kappa shape index (κ2) is 7.96. The van der Waals surface area contributed by atoms with Crippen LogP contribution in [0.25, 0.3) is 21.6 Å². The summed E-state index contributed by atoms with van der Waals surface area (Å²) in [5.41, 5.74) is 1.94. The molecule has 0 aliphatic heterocycles. The number of aromatic nitrogens is 6. The van der Waals surface area contributed by atoms with Crippen LogP contribution in [0.4, 0.5) is 0 Å². The van der Waals surface area contributed by atoms with Crippen LogP contribution in [0.3, 0.4) is 0 Å². The van der Waals surface area contributed by atoms with Gasteiger partial charge in [-0.1, -0.05) is 42.5 Å². The Kier molecular flexibility index (Phi) is 5.16. The van der Waals surface area contributed by atoms with Gasteiger partial charge < -0.3 is 4.57 Å². The van der Waals surface area contributed by atoms with Crippen molar-refractivity contribution in [2.75, 3.05) is 0 Å². The summed E-state index contributed by atoms with van der Waals surface area (Å²) in [4.78, 5) is 15.3. The fraction of sp³-hybridized carbons (Fsp3) is 0.381. The summed E-state index contributed by atoms with van der Waals surface area (Å²) in [5.74, 6) is 2.01. The van der Waals surface area contributed by atoms with Gasteiger partial charge in [-0.2, -0.15) is 4.68 Å². The van der Waals surface area contributed by atoms with Gasteiger partial charge in [0.2, 0.25) is 0 Å². The molecular weight excluding hydrogens is 416 g/mol. The molecule has 0 saturated heterocycles. The number of thiophene rings is 1. The SMILES string of the molecule is CC[C@H]1CCc2sc(-c3nnc(SCn4nnc5ccccc5c4=O)n3C)cc2C1. The van der Waals surface area contributed by atoms with Crippen LogP contribution in [0, 0.1) is 5.92 Å². The van der Waals surface area contributed by atoms with E-state index in [1.165, 1.54) is 57.4 Å². The summed E-state index contributed by atoms with van der Waals surface area (Å²) >= 11 is 3.27. The summed E-state index contributed by atoms with van der Waals surface area (Å²) in [7, 11) is 1.97. The Morgan fingerprint density at radius 1 is 1.23 bits per heavy atom. The molecule has 0 bridgehead atoms. The largest absolute Gasteiger partial charge is 0.304 e. The number of rotatable bonds is 5. The second-order valence-electron chi connectivity index (χ2n) is 7.63. The molecule has 1 atom stereocenters. The Balaban J connectivity index is 1.37. The van der Waals surface area contributed by atoms with E-state index < -0.39 is 0 Å². The number of hydrogen-bond acceptors (Lipinski definition) is 7. The maximum absolute atomic E-state index is 12.6. The fourth-order valence-corrected chi connectivity index (χ4v) is 5.95. The highest BCUT2D eigenvalue weighted by molar-refractivity contribution is 7.98. The summed E-state index contributed by atoms with van der Waals surface area (Å²) in [5, 5.41) is 18.3. The van der Waals surface area contributed by atoms with E-state index in [1.54, 1.807) is 12.1 Å². The van der Waals surface area contributed by atoms with Gasteiger partial charge in [-0.3, -0.25) is 4.79 Å². The molecule has 4 aromatic rings. The van der Waals surface area contributed by atoms with E-state index in [1.807, 2.05) is 35.1 Å². The van der Waals surface area contributed by atoms with E-state index in [0.717, 1.165) is 16.9 Å². The predicted octanol–water partition coefficient (Wildman–Crippen LogP) is 3.91. The average Bonchev–Trinajstić information content (AvgIpc) is 3.35. The monoisotopic (exact) mass is 438 g/mol. The lowest BCUT2D eigenvalue weighted by molar-refractivity contribution is 0.449. The molecular formula is C21H22N6OS2. The summed E-state index contributed by atoms with van der Waals surface area (Å²) in [6.07, 6.45) is 4.87. The number of hydrogen-bond donors (Lipinski definition) is 0. The first kappa shape index (κ1) is 19.4. The second-order valence-corrected chi connectivity index (χ2v) is 9.67. The number of nitrogens with zero attached hydrogens (tertiary/aromatic N) is 6. The van der Waals surface area contributed by atoms with Crippen molar-refractivity contribution in [3.05, 3.63) is 51.1 Å². The molecule has 0 spiro atoms. The Morgan fingerprint density at radius 2 is 2.10 bits per heavy atom. The molecule has 7 nitrogen and oxygen atoms in total. The first-order chi connectivity index (χ1) is 14.6. The molecule has 3 aromatic heterocycles. The van der Waals surface area contributed by atoms with Crippen LogP contribution in [-0.2, 0) is 25.8 Å². The lowest BCUT2D eigenvalue weighted by Gasteiger charge is -2.19. The lowest BCUT2D eigenvalue weighted by Crippen LogP contribution is -2.23. The molecule has 0 N–H and O–H groups in total. The quantitative estimate of drug-likeness (QED) is 0.440. The van der Waals surface area contributed by atoms with Gasteiger partial charge in [0.25, 0.3) is 5.56 Å². The van der Waals surface area contributed by atoms with Crippen LogP contribution >= 0.6 is 23.1 Å². The first-order valence-electron chi connectivity index (χ1n) is 10.1. The third-order valence-corrected chi connectivity index (χ3v) is 7.98. The minimum Gasteiger partial charge on any atom is -0.304 e. The third kappa shape index (κ3) is 3.45. The van der Waals surface area contributed by atoms with Gasteiger partial charge in [-0.15, -0.1) is 26.6 Å². The van der Waals surface area contributed by atoms with Crippen LogP contribution in [0.2, 0.25) is 0 Å². The molecule has 9 heteroatoms. The molecule has 154 valence electrons. The predicted molar refractivity (Wildman–Crippen MR) is 120 cm³/mol. The van der Waals surface area contributed by atoms with E-state index in [0.29, 0.717) is 16.8 Å². The Labute approximate surface area is 182 Å². The number of benzene rings is 1. The normalized spacial score (nSPS) is 16.1. The highest BCUT2D eigenvalue weighted by atomic mass is 32.2. The molecule has 0 fully saturated rings. The van der Waals surface area contributed by atoms with Gasteiger partial charge in [-0.25, -0.2) is 0 Å². The molecule has 1 aliphatic carbocycles. The van der Waals surface area contributed by atoms with Crippen molar-refractivity contribution in [3.63, 3.8) is 0 Å². The van der Waals surface area contributed by atoms with E-state index in [4.69, 9.17) is 0 Å². The zero-order chi connectivity index (χ0) is 20.7. The maximum Gasteiger partial charge on any atom is 0.278 e. The van der Waals surface area contributed by atoms with Crippen LogP contribution in [0.5, 0.6) is 0 Å². The smallest absolute Gasteiger partial charge is 0.278 e. The molecule has 5 rings (SSSR count). The molecule has 1 aliphatic rings. The van der Waals surface area contributed by atoms with Crippen LogP contribution in [0.15, 0.2) is 40.3 Å². The van der Waals surface area contributed by atoms with Crippen molar-refractivity contribution in [1.29, 1.82) is 0 Å². The fourth-order valence-electron chi connectivity index (χ4n) is 3.94.